The van der Waals surface area contributed by atoms with Crippen molar-refractivity contribution in [2.45, 2.75) is 38.5 Å². The largest absolute Gasteiger partial charge is 0.381 e. The van der Waals surface area contributed by atoms with Crippen LogP contribution in [0.4, 0.5) is 0 Å². The molecule has 0 aliphatic carbocycles. The number of amides is 1. The molecular formula is C28H32N2O2. The lowest BCUT2D eigenvalue weighted by atomic mass is 9.73. The third-order valence-corrected chi connectivity index (χ3v) is 7.34. The van der Waals surface area contributed by atoms with Crippen LogP contribution in [0.15, 0.2) is 66.9 Å². The van der Waals surface area contributed by atoms with Gasteiger partial charge in [-0.25, -0.2) is 0 Å². The van der Waals surface area contributed by atoms with Crippen molar-refractivity contribution in [1.82, 2.24) is 9.88 Å². The van der Waals surface area contributed by atoms with Gasteiger partial charge in [0.05, 0.1) is 10.9 Å². The van der Waals surface area contributed by atoms with Crippen molar-refractivity contribution in [3.63, 3.8) is 0 Å². The molecule has 2 saturated heterocycles. The lowest BCUT2D eigenvalue weighted by Crippen LogP contribution is -2.51. The molecule has 2 aromatic carbocycles. The predicted molar refractivity (Wildman–Crippen MR) is 127 cm³/mol. The third-order valence-electron chi connectivity index (χ3n) is 7.34. The van der Waals surface area contributed by atoms with Gasteiger partial charge in [0.1, 0.15) is 0 Å². The maximum absolute atomic E-state index is 14.0. The summed E-state index contributed by atoms with van der Waals surface area (Å²) in [5.74, 6) is 0.834. The summed E-state index contributed by atoms with van der Waals surface area (Å²) in [4.78, 5) is 20.6. The fourth-order valence-corrected chi connectivity index (χ4v) is 5.62. The zero-order valence-electron chi connectivity index (χ0n) is 18.7. The van der Waals surface area contributed by atoms with E-state index >= 15 is 0 Å². The highest BCUT2D eigenvalue weighted by molar-refractivity contribution is 5.84. The fourth-order valence-electron chi connectivity index (χ4n) is 5.62. The number of fused-ring (bicyclic) bond motifs is 1. The number of benzene rings is 2. The second-order valence-electron chi connectivity index (χ2n) is 9.51. The molecule has 166 valence electrons. The van der Waals surface area contributed by atoms with Gasteiger partial charge < -0.3 is 9.64 Å². The van der Waals surface area contributed by atoms with Crippen LogP contribution in [0.3, 0.4) is 0 Å². The first-order chi connectivity index (χ1) is 15.7. The van der Waals surface area contributed by atoms with Gasteiger partial charge in [-0.2, -0.15) is 0 Å². The summed E-state index contributed by atoms with van der Waals surface area (Å²) in [7, 11) is 0. The van der Waals surface area contributed by atoms with E-state index in [1.54, 1.807) is 0 Å². The molecule has 0 bridgehead atoms. The molecule has 2 fully saturated rings. The molecule has 2 aliphatic heterocycles. The summed E-state index contributed by atoms with van der Waals surface area (Å²) in [5, 5.41) is 1.24. The maximum Gasteiger partial charge on any atom is 0.229 e. The molecule has 3 heterocycles. The van der Waals surface area contributed by atoms with Gasteiger partial charge in [0.2, 0.25) is 5.91 Å². The van der Waals surface area contributed by atoms with E-state index in [0.29, 0.717) is 25.0 Å². The Hall–Kier alpha value is -2.72. The van der Waals surface area contributed by atoms with Crippen LogP contribution in [0.5, 0.6) is 0 Å². The van der Waals surface area contributed by atoms with E-state index in [9.17, 15) is 4.79 Å². The standard InChI is InChI=1S/C28H32N2O2/c31-27(28(13-17-32-18-14-28)20-22-7-2-1-3-8-22)30-16-6-9-23(21-30)19-24-10-4-12-26-25(24)11-5-15-29-26/h1-5,7-8,10-12,15,23H,6,9,13-14,16-21H2. The minimum absolute atomic E-state index is 0.329. The van der Waals surface area contributed by atoms with Crippen molar-refractivity contribution in [3.05, 3.63) is 78.0 Å². The van der Waals surface area contributed by atoms with Gasteiger partial charge in [-0.15, -0.1) is 0 Å². The second-order valence-corrected chi connectivity index (χ2v) is 9.51. The quantitative estimate of drug-likeness (QED) is 0.571. The number of hydrogen-bond donors (Lipinski definition) is 0. The van der Waals surface area contributed by atoms with E-state index in [2.05, 4.69) is 58.4 Å². The summed E-state index contributed by atoms with van der Waals surface area (Å²) in [6.07, 6.45) is 7.56. The molecule has 32 heavy (non-hydrogen) atoms. The normalized spacial score (nSPS) is 20.9. The highest BCUT2D eigenvalue weighted by Gasteiger charge is 2.43. The second kappa shape index (κ2) is 9.41. The molecule has 1 atom stereocenters. The van der Waals surface area contributed by atoms with Crippen LogP contribution >= 0.6 is 0 Å². The zero-order chi connectivity index (χ0) is 21.8. The number of rotatable bonds is 5. The fraction of sp³-hybridized carbons (Fsp3) is 0.429. The van der Waals surface area contributed by atoms with Crippen molar-refractivity contribution < 1.29 is 9.53 Å². The van der Waals surface area contributed by atoms with Crippen molar-refractivity contribution >= 4 is 16.8 Å². The summed E-state index contributed by atoms with van der Waals surface area (Å²) >= 11 is 0. The van der Waals surface area contributed by atoms with Crippen molar-refractivity contribution in [2.24, 2.45) is 11.3 Å². The van der Waals surface area contributed by atoms with Crippen LogP contribution < -0.4 is 0 Å². The molecule has 1 unspecified atom stereocenters. The van der Waals surface area contributed by atoms with Gasteiger partial charge in [-0.1, -0.05) is 48.5 Å². The lowest BCUT2D eigenvalue weighted by Gasteiger charge is -2.42. The number of carbonyl (C=O) groups excluding carboxylic acids is 1. The lowest BCUT2D eigenvalue weighted by molar-refractivity contribution is -0.150. The van der Waals surface area contributed by atoms with E-state index in [1.807, 2.05) is 18.3 Å². The smallest absolute Gasteiger partial charge is 0.229 e. The van der Waals surface area contributed by atoms with E-state index in [1.165, 1.54) is 22.9 Å². The number of ether oxygens (including phenoxy) is 1. The molecule has 5 rings (SSSR count). The molecule has 0 N–H and O–H groups in total. The van der Waals surface area contributed by atoms with Gasteiger partial charge in [0, 0.05) is 37.9 Å². The van der Waals surface area contributed by atoms with Crippen LogP contribution in [0.1, 0.15) is 36.8 Å². The van der Waals surface area contributed by atoms with Crippen molar-refractivity contribution in [2.75, 3.05) is 26.3 Å². The highest BCUT2D eigenvalue weighted by atomic mass is 16.5. The minimum atomic E-state index is -0.329. The molecule has 1 amide bonds. The number of aromatic nitrogens is 1. The summed E-state index contributed by atoms with van der Waals surface area (Å²) in [6, 6.07) is 21.1. The number of carbonyl (C=O) groups is 1. The third kappa shape index (κ3) is 4.42. The molecule has 4 nitrogen and oxygen atoms in total. The molecule has 2 aliphatic rings. The molecule has 4 heteroatoms. The summed E-state index contributed by atoms with van der Waals surface area (Å²) < 4.78 is 5.66. The summed E-state index contributed by atoms with van der Waals surface area (Å²) in [5.41, 5.74) is 3.32. The Morgan fingerprint density at radius 1 is 1.03 bits per heavy atom. The van der Waals surface area contributed by atoms with E-state index in [0.717, 1.165) is 50.7 Å². The zero-order valence-corrected chi connectivity index (χ0v) is 18.7. The Morgan fingerprint density at radius 2 is 1.88 bits per heavy atom. The van der Waals surface area contributed by atoms with E-state index < -0.39 is 0 Å². The first-order valence-electron chi connectivity index (χ1n) is 12.0. The first kappa shape index (κ1) is 21.1. The van der Waals surface area contributed by atoms with Gasteiger partial charge >= 0.3 is 0 Å². The van der Waals surface area contributed by atoms with Crippen LogP contribution in [0.25, 0.3) is 10.9 Å². The van der Waals surface area contributed by atoms with Crippen molar-refractivity contribution in [1.29, 1.82) is 0 Å². The average Bonchev–Trinajstić information content (AvgIpc) is 2.85. The highest BCUT2D eigenvalue weighted by Crippen LogP contribution is 2.38. The van der Waals surface area contributed by atoms with Gasteiger partial charge in [-0.3, -0.25) is 9.78 Å². The Balaban J connectivity index is 1.33. The van der Waals surface area contributed by atoms with Crippen LogP contribution in [-0.4, -0.2) is 42.1 Å². The van der Waals surface area contributed by atoms with Gasteiger partial charge in [0.25, 0.3) is 0 Å². The molecule has 0 spiro atoms. The van der Waals surface area contributed by atoms with Gasteiger partial charge in [0.15, 0.2) is 0 Å². The monoisotopic (exact) mass is 428 g/mol. The SMILES string of the molecule is O=C(N1CCCC(Cc2cccc3ncccc23)C1)C1(Cc2ccccc2)CCOCC1. The summed E-state index contributed by atoms with van der Waals surface area (Å²) in [6.45, 7) is 3.09. The van der Waals surface area contributed by atoms with E-state index in [-0.39, 0.29) is 5.41 Å². The maximum atomic E-state index is 14.0. The van der Waals surface area contributed by atoms with E-state index in [4.69, 9.17) is 4.74 Å². The molecule has 1 aromatic heterocycles. The number of piperidine rings is 1. The number of hydrogen-bond acceptors (Lipinski definition) is 3. The van der Waals surface area contributed by atoms with Crippen molar-refractivity contribution in [3.8, 4) is 0 Å². The van der Waals surface area contributed by atoms with Crippen LogP contribution in [0.2, 0.25) is 0 Å². The van der Waals surface area contributed by atoms with Gasteiger partial charge in [-0.05, 0) is 67.7 Å². The Morgan fingerprint density at radius 3 is 2.72 bits per heavy atom. The Labute approximate surface area is 190 Å². The first-order valence-corrected chi connectivity index (χ1v) is 12.0. The molecule has 3 aromatic rings. The minimum Gasteiger partial charge on any atom is -0.381 e. The Bertz CT molecular complexity index is 1050. The number of pyridine rings is 1. The predicted octanol–water partition coefficient (Wildman–Crippen LogP) is 5.06. The molecule has 0 saturated carbocycles. The van der Waals surface area contributed by atoms with Crippen LogP contribution in [-0.2, 0) is 22.4 Å². The molecular weight excluding hydrogens is 396 g/mol. The Kier molecular flexibility index (Phi) is 6.22. The number of likely N-dealkylation sites (tertiary alicyclic amines) is 1. The average molecular weight is 429 g/mol. The number of nitrogens with zero attached hydrogens (tertiary/aromatic N) is 2. The topological polar surface area (TPSA) is 42.4 Å². The molecule has 0 radical (unpaired) electrons. The van der Waals surface area contributed by atoms with Crippen LogP contribution in [0, 0.1) is 11.3 Å².